The molecule has 7 rings (SSSR count). The number of carbonyl (C=O) groups is 1. The van der Waals surface area contributed by atoms with Crippen LogP contribution in [0.4, 0.5) is 17.2 Å². The summed E-state index contributed by atoms with van der Waals surface area (Å²) in [5, 5.41) is 7.05. The van der Waals surface area contributed by atoms with Crippen molar-refractivity contribution >= 4 is 67.5 Å². The highest BCUT2D eigenvalue weighted by Gasteiger charge is 2.20. The minimum absolute atomic E-state index is 0.217. The maximum atomic E-state index is 13.4. The second-order valence-electron chi connectivity index (χ2n) is 11.7. The van der Waals surface area contributed by atoms with Gasteiger partial charge in [-0.2, -0.15) is 0 Å². The molecule has 7 aromatic rings. The fraction of sp³-hybridized carbons (Fsp3) is 0.100. The van der Waals surface area contributed by atoms with Crippen molar-refractivity contribution in [3.05, 3.63) is 138 Å². The summed E-state index contributed by atoms with van der Waals surface area (Å²) in [7, 11) is 7.35. The van der Waals surface area contributed by atoms with E-state index >= 15 is 0 Å². The molecule has 3 aromatic heterocycles. The number of aryl methyl sites for hydroxylation is 1. The molecule has 8 nitrogen and oxygen atoms in total. The van der Waals surface area contributed by atoms with Crippen LogP contribution in [0.3, 0.4) is 0 Å². The Morgan fingerprint density at radius 2 is 1.61 bits per heavy atom. The lowest BCUT2D eigenvalue weighted by atomic mass is 10.0. The van der Waals surface area contributed by atoms with Crippen molar-refractivity contribution in [2.24, 2.45) is 17.0 Å². The van der Waals surface area contributed by atoms with Crippen LogP contribution < -0.4 is 10.1 Å². The molecule has 4 aromatic carbocycles. The summed E-state index contributed by atoms with van der Waals surface area (Å²) in [5.41, 5.74) is 7.61. The fourth-order valence-corrected chi connectivity index (χ4v) is 6.87. The summed E-state index contributed by atoms with van der Waals surface area (Å²) in [6.07, 6.45) is 3.54. The van der Waals surface area contributed by atoms with Crippen LogP contribution >= 0.6 is 11.3 Å². The van der Waals surface area contributed by atoms with Gasteiger partial charge < -0.3 is 19.5 Å². The number of benzene rings is 4. The number of thiophene rings is 1. The molecule has 0 fully saturated rings. The molecule has 0 unspecified atom stereocenters. The van der Waals surface area contributed by atoms with E-state index in [1.54, 1.807) is 31.0 Å². The van der Waals surface area contributed by atoms with Crippen molar-refractivity contribution in [1.82, 2.24) is 14.5 Å². The van der Waals surface area contributed by atoms with Gasteiger partial charge in [-0.25, -0.2) is 15.0 Å². The van der Waals surface area contributed by atoms with E-state index < -0.39 is 0 Å². The Kier molecular flexibility index (Phi) is 8.74. The molecule has 0 bridgehead atoms. The first kappa shape index (κ1) is 31.5. The third-order valence-corrected chi connectivity index (χ3v) is 9.24. The molecule has 0 radical (unpaired) electrons. The van der Waals surface area contributed by atoms with Crippen LogP contribution in [0.2, 0.25) is 0 Å². The summed E-state index contributed by atoms with van der Waals surface area (Å²) in [4.78, 5) is 30.1. The minimum atomic E-state index is -0.217. The molecule has 0 spiro atoms. The topological polar surface area (TPSA) is 84.1 Å². The number of pyridine rings is 1. The first-order chi connectivity index (χ1) is 23.9. The second kappa shape index (κ2) is 13.6. The lowest BCUT2D eigenvalue weighted by molar-refractivity contribution is 0.101. The van der Waals surface area contributed by atoms with Gasteiger partial charge in [-0.1, -0.05) is 84.9 Å². The third-order valence-electron chi connectivity index (χ3n) is 8.24. The molecule has 0 saturated carbocycles. The molecule has 0 aliphatic carbocycles. The molecule has 0 aliphatic heterocycles. The molecule has 49 heavy (non-hydrogen) atoms. The van der Waals surface area contributed by atoms with Crippen LogP contribution in [-0.2, 0) is 7.05 Å². The van der Waals surface area contributed by atoms with Crippen LogP contribution in [0, 0.1) is 0 Å². The Labute approximate surface area is 288 Å². The van der Waals surface area contributed by atoms with Crippen molar-refractivity contribution < 1.29 is 9.53 Å². The van der Waals surface area contributed by atoms with E-state index in [1.165, 1.54) is 0 Å². The zero-order valence-corrected chi connectivity index (χ0v) is 28.4. The van der Waals surface area contributed by atoms with E-state index in [0.29, 0.717) is 22.9 Å². The number of anilines is 1. The van der Waals surface area contributed by atoms with Crippen LogP contribution in [0.25, 0.3) is 32.1 Å². The molecule has 9 heteroatoms. The van der Waals surface area contributed by atoms with Gasteiger partial charge in [0.15, 0.2) is 5.82 Å². The lowest BCUT2D eigenvalue weighted by Gasteiger charge is -2.13. The number of nitrogens with one attached hydrogen (secondary N) is 1. The average molecular weight is 663 g/mol. The standard InChI is InChI=1S/C40H34N6O2S/c1-45(2)25-42-39-36-30(24-49-38(36)32(23-41-39)43-37(26-13-7-5-8-14-26)27-15-9-6-10-16-27)28-19-20-31(35(22-28)48-4)44-40(47)34-21-29-17-11-12-18-33(29)46(34)3/h5-25H,1-4H3,(H,44,47)/b42-25+. The Bertz CT molecular complexity index is 2320. The van der Waals surface area contributed by atoms with Gasteiger partial charge in [0.25, 0.3) is 5.91 Å². The van der Waals surface area contributed by atoms with Crippen molar-refractivity contribution in [2.75, 3.05) is 26.5 Å². The summed E-state index contributed by atoms with van der Waals surface area (Å²) >= 11 is 1.60. The summed E-state index contributed by atoms with van der Waals surface area (Å²) in [6.45, 7) is 0. The number of nitrogens with zero attached hydrogens (tertiary/aromatic N) is 5. The van der Waals surface area contributed by atoms with Gasteiger partial charge in [0.05, 0.1) is 35.7 Å². The number of aliphatic imine (C=N–C) groups is 2. The number of hydrogen-bond donors (Lipinski definition) is 1. The molecule has 0 aliphatic rings. The molecule has 242 valence electrons. The smallest absolute Gasteiger partial charge is 0.272 e. The number of amides is 1. The molecule has 0 atom stereocenters. The number of aromatic nitrogens is 2. The number of methoxy groups -OCH3 is 1. The van der Waals surface area contributed by atoms with E-state index in [-0.39, 0.29) is 5.91 Å². The first-order valence-corrected chi connectivity index (χ1v) is 16.6. The number of rotatable bonds is 9. The van der Waals surface area contributed by atoms with E-state index in [1.807, 2.05) is 116 Å². The highest BCUT2D eigenvalue weighted by atomic mass is 32.1. The number of para-hydroxylation sites is 1. The molecule has 0 saturated heterocycles. The third kappa shape index (κ3) is 6.31. The van der Waals surface area contributed by atoms with Gasteiger partial charge in [-0.15, -0.1) is 11.3 Å². The molecule has 1 N–H and O–H groups in total. The Balaban J connectivity index is 1.32. The Morgan fingerprint density at radius 3 is 2.29 bits per heavy atom. The van der Waals surface area contributed by atoms with Crippen molar-refractivity contribution in [2.45, 2.75) is 0 Å². The minimum Gasteiger partial charge on any atom is -0.495 e. The Hall–Kier alpha value is -6.06. The molecular formula is C40H34N6O2S. The van der Waals surface area contributed by atoms with Crippen LogP contribution in [0.15, 0.2) is 131 Å². The molecule has 3 heterocycles. The van der Waals surface area contributed by atoms with Crippen molar-refractivity contribution in [1.29, 1.82) is 0 Å². The number of fused-ring (bicyclic) bond motifs is 2. The molecule has 1 amide bonds. The average Bonchev–Trinajstić information content (AvgIpc) is 3.73. The quantitative estimate of drug-likeness (QED) is 0.123. The number of hydrogen-bond acceptors (Lipinski definition) is 6. The maximum absolute atomic E-state index is 13.4. The summed E-state index contributed by atoms with van der Waals surface area (Å²) < 4.78 is 8.67. The van der Waals surface area contributed by atoms with Gasteiger partial charge in [0, 0.05) is 59.5 Å². The van der Waals surface area contributed by atoms with E-state index in [4.69, 9.17) is 19.7 Å². The highest BCUT2D eigenvalue weighted by Crippen LogP contribution is 2.45. The summed E-state index contributed by atoms with van der Waals surface area (Å²) in [6, 6.07) is 36.0. The van der Waals surface area contributed by atoms with Crippen LogP contribution in [0.1, 0.15) is 21.6 Å². The largest absolute Gasteiger partial charge is 0.495 e. The molecular weight excluding hydrogens is 629 g/mol. The number of carbonyl (C=O) groups excluding carboxylic acids is 1. The predicted octanol–water partition coefficient (Wildman–Crippen LogP) is 9.11. The fourth-order valence-electron chi connectivity index (χ4n) is 5.84. The first-order valence-electron chi connectivity index (χ1n) is 15.8. The van der Waals surface area contributed by atoms with Crippen LogP contribution in [-0.4, -0.2) is 53.6 Å². The summed E-state index contributed by atoms with van der Waals surface area (Å²) in [5.74, 6) is 0.914. The Morgan fingerprint density at radius 1 is 0.918 bits per heavy atom. The van der Waals surface area contributed by atoms with E-state index in [2.05, 4.69) is 35.0 Å². The van der Waals surface area contributed by atoms with Crippen LogP contribution in [0.5, 0.6) is 5.75 Å². The van der Waals surface area contributed by atoms with Crippen molar-refractivity contribution in [3.63, 3.8) is 0 Å². The van der Waals surface area contributed by atoms with Gasteiger partial charge in [-0.05, 0) is 29.8 Å². The monoisotopic (exact) mass is 662 g/mol. The van der Waals surface area contributed by atoms with Crippen molar-refractivity contribution in [3.8, 4) is 16.9 Å². The number of ether oxygens (including phenoxy) is 1. The van der Waals surface area contributed by atoms with Gasteiger partial charge in [-0.3, -0.25) is 4.79 Å². The maximum Gasteiger partial charge on any atom is 0.272 e. The van der Waals surface area contributed by atoms with Gasteiger partial charge in [0.1, 0.15) is 17.1 Å². The van der Waals surface area contributed by atoms with Gasteiger partial charge >= 0.3 is 0 Å². The SMILES string of the molecule is COc1cc(-c2csc3c(N=C(c4ccccc4)c4ccccc4)cnc(/N=C/N(C)C)c23)ccc1NC(=O)c1cc2ccccc2n1C. The highest BCUT2D eigenvalue weighted by molar-refractivity contribution is 7.18. The van der Waals surface area contributed by atoms with Gasteiger partial charge in [0.2, 0.25) is 0 Å². The normalized spacial score (nSPS) is 11.3. The second-order valence-corrected chi connectivity index (χ2v) is 12.6. The zero-order valence-electron chi connectivity index (χ0n) is 27.6. The van der Waals surface area contributed by atoms with E-state index in [0.717, 1.165) is 54.6 Å². The lowest BCUT2D eigenvalue weighted by Crippen LogP contribution is -2.16. The zero-order chi connectivity index (χ0) is 33.9. The van der Waals surface area contributed by atoms with E-state index in [9.17, 15) is 4.79 Å². The predicted molar refractivity (Wildman–Crippen MR) is 203 cm³/mol.